The number of benzene rings is 2. The van der Waals surface area contributed by atoms with E-state index in [4.69, 9.17) is 14.2 Å². The minimum atomic E-state index is 0.273. The van der Waals surface area contributed by atoms with E-state index in [1.54, 1.807) is 0 Å². The molecule has 1 saturated heterocycles. The maximum absolute atomic E-state index is 5.82. The average Bonchev–Trinajstić information content (AvgIpc) is 3.27. The highest BCUT2D eigenvalue weighted by Crippen LogP contribution is 2.33. The number of ether oxygens (including phenoxy) is 3. The molecule has 0 amide bonds. The lowest BCUT2D eigenvalue weighted by atomic mass is 10.1. The van der Waals surface area contributed by atoms with Gasteiger partial charge in [-0.05, 0) is 18.6 Å². The first-order valence-electron chi connectivity index (χ1n) is 6.77. The second-order valence-corrected chi connectivity index (χ2v) is 4.72. The van der Waals surface area contributed by atoms with Crippen LogP contribution in [0.3, 0.4) is 0 Å². The monoisotopic (exact) mass is 258 g/mol. The van der Waals surface area contributed by atoms with E-state index in [0.29, 0.717) is 6.61 Å². The molecule has 0 spiro atoms. The van der Waals surface area contributed by atoms with Gasteiger partial charge in [0.2, 0.25) is 0 Å². The summed E-state index contributed by atoms with van der Waals surface area (Å²) in [6, 6.07) is 12.1. The van der Waals surface area contributed by atoms with Crippen LogP contribution < -0.4 is 9.47 Å². The van der Waals surface area contributed by atoms with Crippen molar-refractivity contribution in [1.82, 2.24) is 0 Å². The van der Waals surface area contributed by atoms with Gasteiger partial charge in [-0.2, -0.15) is 0 Å². The number of hydrogen-bond acceptors (Lipinski definition) is 3. The molecule has 1 aliphatic rings. The fourth-order valence-corrected chi connectivity index (χ4v) is 2.05. The highest BCUT2D eigenvalue weighted by atomic mass is 16.6. The smallest absolute Gasteiger partial charge is 0.127 e. The van der Waals surface area contributed by atoms with Crippen LogP contribution >= 0.6 is 0 Å². The molecular formula is C16H18O3. The lowest BCUT2D eigenvalue weighted by molar-refractivity contribution is 0.265. The van der Waals surface area contributed by atoms with Crippen molar-refractivity contribution >= 4 is 10.8 Å². The molecule has 1 unspecified atom stereocenters. The van der Waals surface area contributed by atoms with Crippen LogP contribution in [0.2, 0.25) is 0 Å². The fourth-order valence-electron chi connectivity index (χ4n) is 2.05. The predicted molar refractivity (Wildman–Crippen MR) is 75.0 cm³/mol. The van der Waals surface area contributed by atoms with E-state index in [1.807, 2.05) is 24.3 Å². The van der Waals surface area contributed by atoms with E-state index in [9.17, 15) is 0 Å². The third kappa shape index (κ3) is 2.82. The highest BCUT2D eigenvalue weighted by Gasteiger charge is 2.23. The first kappa shape index (κ1) is 12.3. The zero-order valence-corrected chi connectivity index (χ0v) is 11.1. The summed E-state index contributed by atoms with van der Waals surface area (Å²) < 4.78 is 16.8. The average molecular weight is 258 g/mol. The maximum Gasteiger partial charge on any atom is 0.127 e. The molecule has 1 aliphatic heterocycles. The van der Waals surface area contributed by atoms with Gasteiger partial charge in [0.15, 0.2) is 0 Å². The minimum Gasteiger partial charge on any atom is -0.493 e. The predicted octanol–water partition coefficient (Wildman–Crippen LogP) is 3.41. The van der Waals surface area contributed by atoms with E-state index >= 15 is 0 Å². The fraction of sp³-hybridized carbons (Fsp3) is 0.375. The number of hydrogen-bond donors (Lipinski definition) is 0. The van der Waals surface area contributed by atoms with Crippen molar-refractivity contribution in [3.05, 3.63) is 36.4 Å². The SMILES string of the molecule is CCCOc1ccc(OCC2CO2)c2ccccc12. The Balaban J connectivity index is 1.90. The molecule has 3 rings (SSSR count). The second-order valence-electron chi connectivity index (χ2n) is 4.72. The molecule has 100 valence electrons. The summed E-state index contributed by atoms with van der Waals surface area (Å²) in [7, 11) is 0. The van der Waals surface area contributed by atoms with Crippen molar-refractivity contribution in [2.75, 3.05) is 19.8 Å². The first-order valence-corrected chi connectivity index (χ1v) is 6.77. The zero-order valence-electron chi connectivity index (χ0n) is 11.1. The largest absolute Gasteiger partial charge is 0.493 e. The zero-order chi connectivity index (χ0) is 13.1. The molecule has 0 bridgehead atoms. The summed E-state index contributed by atoms with van der Waals surface area (Å²) >= 11 is 0. The minimum absolute atomic E-state index is 0.273. The summed E-state index contributed by atoms with van der Waals surface area (Å²) in [5, 5.41) is 2.20. The third-order valence-electron chi connectivity index (χ3n) is 3.13. The molecule has 0 N–H and O–H groups in total. The van der Waals surface area contributed by atoms with E-state index in [0.717, 1.165) is 41.9 Å². The van der Waals surface area contributed by atoms with E-state index < -0.39 is 0 Å². The van der Waals surface area contributed by atoms with Gasteiger partial charge in [0.25, 0.3) is 0 Å². The maximum atomic E-state index is 5.82. The van der Waals surface area contributed by atoms with E-state index in [2.05, 4.69) is 19.1 Å². The van der Waals surface area contributed by atoms with Gasteiger partial charge in [0, 0.05) is 10.8 Å². The van der Waals surface area contributed by atoms with Crippen LogP contribution in [0.5, 0.6) is 11.5 Å². The Morgan fingerprint density at radius 1 is 1.05 bits per heavy atom. The lowest BCUT2D eigenvalue weighted by Gasteiger charge is -2.12. The molecule has 1 atom stereocenters. The summed E-state index contributed by atoms with van der Waals surface area (Å²) in [5.74, 6) is 1.82. The number of epoxide rings is 1. The molecule has 1 fully saturated rings. The van der Waals surface area contributed by atoms with Crippen molar-refractivity contribution in [3.63, 3.8) is 0 Å². The van der Waals surface area contributed by atoms with Crippen LogP contribution in [-0.2, 0) is 4.74 Å². The van der Waals surface area contributed by atoms with Gasteiger partial charge in [0.05, 0.1) is 13.2 Å². The molecule has 3 heteroatoms. The molecular weight excluding hydrogens is 240 g/mol. The van der Waals surface area contributed by atoms with Crippen LogP contribution in [0.1, 0.15) is 13.3 Å². The van der Waals surface area contributed by atoms with Crippen LogP contribution in [0.4, 0.5) is 0 Å². The van der Waals surface area contributed by atoms with Crippen molar-refractivity contribution in [3.8, 4) is 11.5 Å². The van der Waals surface area contributed by atoms with Gasteiger partial charge < -0.3 is 14.2 Å². The molecule has 1 heterocycles. The highest BCUT2D eigenvalue weighted by molar-refractivity contribution is 5.93. The second kappa shape index (κ2) is 5.49. The number of fused-ring (bicyclic) bond motifs is 1. The Kier molecular flexibility index (Phi) is 3.56. The van der Waals surface area contributed by atoms with E-state index in [1.165, 1.54) is 0 Å². The van der Waals surface area contributed by atoms with Crippen molar-refractivity contribution in [2.24, 2.45) is 0 Å². The molecule has 0 aromatic heterocycles. The van der Waals surface area contributed by atoms with Gasteiger partial charge in [0.1, 0.15) is 24.2 Å². The molecule has 0 radical (unpaired) electrons. The first-order chi connectivity index (χ1) is 9.38. The molecule has 2 aromatic carbocycles. The third-order valence-corrected chi connectivity index (χ3v) is 3.13. The lowest BCUT2D eigenvalue weighted by Crippen LogP contribution is -2.04. The Bertz CT molecular complexity index is 561. The van der Waals surface area contributed by atoms with Gasteiger partial charge in [-0.15, -0.1) is 0 Å². The van der Waals surface area contributed by atoms with Crippen molar-refractivity contribution in [1.29, 1.82) is 0 Å². The van der Waals surface area contributed by atoms with Crippen LogP contribution in [0, 0.1) is 0 Å². The van der Waals surface area contributed by atoms with Gasteiger partial charge in [-0.1, -0.05) is 31.2 Å². The quantitative estimate of drug-likeness (QED) is 0.744. The molecule has 0 aliphatic carbocycles. The Labute approximate surface area is 113 Å². The summed E-state index contributed by atoms with van der Waals surface area (Å²) in [5.41, 5.74) is 0. The van der Waals surface area contributed by atoms with Crippen LogP contribution in [0.15, 0.2) is 36.4 Å². The standard InChI is InChI=1S/C16H18O3/c1-2-9-17-15-7-8-16(19-11-12-10-18-12)14-6-4-3-5-13(14)15/h3-8,12H,2,9-11H2,1H3. The molecule has 2 aromatic rings. The summed E-state index contributed by atoms with van der Waals surface area (Å²) in [6.07, 6.45) is 1.28. The molecule has 19 heavy (non-hydrogen) atoms. The normalized spacial score (nSPS) is 17.4. The Morgan fingerprint density at radius 3 is 2.26 bits per heavy atom. The summed E-state index contributed by atoms with van der Waals surface area (Å²) in [4.78, 5) is 0. The Hall–Kier alpha value is -1.74. The van der Waals surface area contributed by atoms with Gasteiger partial charge in [-0.3, -0.25) is 0 Å². The van der Waals surface area contributed by atoms with E-state index in [-0.39, 0.29) is 6.10 Å². The van der Waals surface area contributed by atoms with Crippen LogP contribution in [-0.4, -0.2) is 25.9 Å². The molecule has 0 saturated carbocycles. The number of rotatable bonds is 6. The van der Waals surface area contributed by atoms with Gasteiger partial charge >= 0.3 is 0 Å². The summed E-state index contributed by atoms with van der Waals surface area (Å²) in [6.45, 7) is 4.28. The van der Waals surface area contributed by atoms with Crippen LogP contribution in [0.25, 0.3) is 10.8 Å². The Morgan fingerprint density at radius 2 is 1.68 bits per heavy atom. The topological polar surface area (TPSA) is 31.0 Å². The molecule has 3 nitrogen and oxygen atoms in total. The van der Waals surface area contributed by atoms with Gasteiger partial charge in [-0.25, -0.2) is 0 Å². The van der Waals surface area contributed by atoms with Crippen molar-refractivity contribution in [2.45, 2.75) is 19.4 Å². The van der Waals surface area contributed by atoms with Crippen molar-refractivity contribution < 1.29 is 14.2 Å².